The Morgan fingerprint density at radius 1 is 1.03 bits per heavy atom. The number of esters is 1. The SMILES string of the molecule is CC(C)(C)OC(=O)CC(NC(=O)OCc1ccccc1)C(=O)Cn1nnnc1-c1c(Cl)cccc1Cl. The summed E-state index contributed by atoms with van der Waals surface area (Å²) in [5.74, 6) is -1.08. The largest absolute Gasteiger partial charge is 0.460 e. The number of ether oxygens (including phenoxy) is 2. The van der Waals surface area contributed by atoms with E-state index in [9.17, 15) is 14.4 Å². The molecule has 2 aromatic carbocycles. The summed E-state index contributed by atoms with van der Waals surface area (Å²) in [7, 11) is 0. The number of halogens is 2. The summed E-state index contributed by atoms with van der Waals surface area (Å²) >= 11 is 12.5. The quantitative estimate of drug-likeness (QED) is 0.404. The number of nitrogens with zero attached hydrogens (tertiary/aromatic N) is 4. The predicted molar refractivity (Wildman–Crippen MR) is 132 cm³/mol. The molecule has 3 rings (SSSR count). The van der Waals surface area contributed by atoms with Crippen LogP contribution in [0.4, 0.5) is 4.79 Å². The van der Waals surface area contributed by atoms with E-state index in [-0.39, 0.29) is 19.0 Å². The van der Waals surface area contributed by atoms with E-state index in [0.717, 1.165) is 5.56 Å². The number of benzene rings is 2. The summed E-state index contributed by atoms with van der Waals surface area (Å²) in [5.41, 5.74) is 0.331. The minimum absolute atomic E-state index is 0.0117. The highest BCUT2D eigenvalue weighted by atomic mass is 35.5. The van der Waals surface area contributed by atoms with Gasteiger partial charge in [0.2, 0.25) is 0 Å². The maximum atomic E-state index is 13.2. The monoisotopic (exact) mass is 533 g/mol. The van der Waals surface area contributed by atoms with E-state index in [1.165, 1.54) is 4.68 Å². The summed E-state index contributed by atoms with van der Waals surface area (Å²) in [6, 6.07) is 12.6. The minimum atomic E-state index is -1.26. The van der Waals surface area contributed by atoms with Gasteiger partial charge in [-0.3, -0.25) is 9.59 Å². The molecular weight excluding hydrogens is 509 g/mol. The highest BCUT2D eigenvalue weighted by Gasteiger charge is 2.29. The predicted octanol–water partition coefficient (Wildman–Crippen LogP) is 4.24. The lowest BCUT2D eigenvalue weighted by Crippen LogP contribution is -2.45. The fourth-order valence-electron chi connectivity index (χ4n) is 3.16. The van der Waals surface area contributed by atoms with Crippen molar-refractivity contribution >= 4 is 41.0 Å². The van der Waals surface area contributed by atoms with Gasteiger partial charge in [-0.2, -0.15) is 0 Å². The number of hydrogen-bond acceptors (Lipinski definition) is 8. The molecule has 0 aliphatic carbocycles. The van der Waals surface area contributed by atoms with Gasteiger partial charge in [0.05, 0.1) is 22.0 Å². The van der Waals surface area contributed by atoms with E-state index >= 15 is 0 Å². The smallest absolute Gasteiger partial charge is 0.408 e. The first-order valence-corrected chi connectivity index (χ1v) is 11.7. The first-order valence-electron chi connectivity index (χ1n) is 11.0. The van der Waals surface area contributed by atoms with Gasteiger partial charge in [0.15, 0.2) is 11.6 Å². The van der Waals surface area contributed by atoms with Crippen molar-refractivity contribution in [3.05, 3.63) is 64.1 Å². The van der Waals surface area contributed by atoms with Gasteiger partial charge >= 0.3 is 12.1 Å². The molecule has 0 saturated carbocycles. The van der Waals surface area contributed by atoms with Crippen molar-refractivity contribution in [2.24, 2.45) is 0 Å². The molecule has 0 aliphatic rings. The van der Waals surface area contributed by atoms with Gasteiger partial charge in [-0.25, -0.2) is 9.48 Å². The fourth-order valence-corrected chi connectivity index (χ4v) is 3.73. The number of rotatable bonds is 9. The van der Waals surface area contributed by atoms with E-state index in [1.807, 2.05) is 6.07 Å². The molecule has 1 N–H and O–H groups in total. The van der Waals surface area contributed by atoms with Gasteiger partial charge in [-0.05, 0) is 48.9 Å². The van der Waals surface area contributed by atoms with Crippen LogP contribution in [-0.4, -0.2) is 49.7 Å². The molecule has 0 fully saturated rings. The summed E-state index contributed by atoms with van der Waals surface area (Å²) in [5, 5.41) is 14.4. The Kier molecular flexibility index (Phi) is 9.00. The maximum Gasteiger partial charge on any atom is 0.408 e. The normalized spacial score (nSPS) is 12.0. The van der Waals surface area contributed by atoms with E-state index in [4.69, 9.17) is 32.7 Å². The molecule has 1 aromatic heterocycles. The molecule has 0 aliphatic heterocycles. The van der Waals surface area contributed by atoms with Gasteiger partial charge < -0.3 is 14.8 Å². The fraction of sp³-hybridized carbons (Fsp3) is 0.333. The topological polar surface area (TPSA) is 125 Å². The Morgan fingerprint density at radius 2 is 1.69 bits per heavy atom. The molecule has 10 nitrogen and oxygen atoms in total. The first kappa shape index (κ1) is 27.1. The van der Waals surface area contributed by atoms with Crippen LogP contribution in [0.15, 0.2) is 48.5 Å². The zero-order valence-electron chi connectivity index (χ0n) is 19.9. The molecule has 1 amide bonds. The Balaban J connectivity index is 1.76. The first-order chi connectivity index (χ1) is 17.0. The number of Topliss-reactive ketones (excluding diaryl/α,β-unsaturated/α-hetero) is 1. The molecule has 0 bridgehead atoms. The summed E-state index contributed by atoms with van der Waals surface area (Å²) in [6.07, 6.45) is -1.28. The van der Waals surface area contributed by atoms with Crippen LogP contribution < -0.4 is 5.32 Å². The minimum Gasteiger partial charge on any atom is -0.460 e. The number of hydrogen-bond donors (Lipinski definition) is 1. The number of alkyl carbamates (subject to hydrolysis) is 1. The van der Waals surface area contributed by atoms with Gasteiger partial charge in [0.25, 0.3) is 0 Å². The van der Waals surface area contributed by atoms with Crippen LogP contribution >= 0.6 is 23.2 Å². The Labute approximate surface area is 217 Å². The third-order valence-corrected chi connectivity index (χ3v) is 5.34. The van der Waals surface area contributed by atoms with Gasteiger partial charge in [-0.15, -0.1) is 5.10 Å². The average Bonchev–Trinajstić information content (AvgIpc) is 3.24. The maximum absolute atomic E-state index is 13.2. The third-order valence-electron chi connectivity index (χ3n) is 4.71. The van der Waals surface area contributed by atoms with Crippen molar-refractivity contribution in [1.29, 1.82) is 0 Å². The number of nitrogens with one attached hydrogen (secondary N) is 1. The Morgan fingerprint density at radius 3 is 2.33 bits per heavy atom. The van der Waals surface area contributed by atoms with Crippen LogP contribution in [0.1, 0.15) is 32.8 Å². The summed E-state index contributed by atoms with van der Waals surface area (Å²) in [4.78, 5) is 38.1. The van der Waals surface area contributed by atoms with E-state index < -0.39 is 35.9 Å². The highest BCUT2D eigenvalue weighted by molar-refractivity contribution is 6.39. The summed E-state index contributed by atoms with van der Waals surface area (Å²) in [6.45, 7) is 4.70. The number of ketones is 1. The van der Waals surface area contributed by atoms with E-state index in [1.54, 1.807) is 63.2 Å². The standard InChI is InChI=1S/C24H25Cl2N5O5/c1-24(2,3)36-20(33)12-18(27-23(34)35-14-15-8-5-4-6-9-15)19(32)13-31-22(28-29-30-31)21-16(25)10-7-11-17(21)26/h4-11,18H,12-14H2,1-3H3,(H,27,34). The van der Waals surface area contributed by atoms with Crippen molar-refractivity contribution in [1.82, 2.24) is 25.5 Å². The number of tetrazole rings is 1. The third kappa shape index (κ3) is 7.76. The van der Waals surface area contributed by atoms with Gasteiger partial charge in [-0.1, -0.05) is 59.6 Å². The van der Waals surface area contributed by atoms with Crippen LogP contribution in [0.25, 0.3) is 11.4 Å². The number of carbonyl (C=O) groups excluding carboxylic acids is 3. The molecule has 0 radical (unpaired) electrons. The van der Waals surface area contributed by atoms with Crippen molar-refractivity contribution in [3.8, 4) is 11.4 Å². The lowest BCUT2D eigenvalue weighted by atomic mass is 10.1. The molecule has 0 saturated heterocycles. The molecule has 3 aromatic rings. The second-order valence-corrected chi connectivity index (χ2v) is 9.59. The van der Waals surface area contributed by atoms with Crippen LogP contribution in [0.5, 0.6) is 0 Å². The van der Waals surface area contributed by atoms with E-state index in [0.29, 0.717) is 15.6 Å². The lowest BCUT2D eigenvalue weighted by Gasteiger charge is -2.22. The van der Waals surface area contributed by atoms with Crippen molar-refractivity contribution in [2.45, 2.75) is 52.0 Å². The van der Waals surface area contributed by atoms with Crippen LogP contribution in [0.2, 0.25) is 10.0 Å². The zero-order valence-corrected chi connectivity index (χ0v) is 21.4. The van der Waals surface area contributed by atoms with Crippen molar-refractivity contribution in [2.75, 3.05) is 0 Å². The van der Waals surface area contributed by atoms with Gasteiger partial charge in [0, 0.05) is 0 Å². The molecule has 0 spiro atoms. The lowest BCUT2D eigenvalue weighted by molar-refractivity contribution is -0.156. The van der Waals surface area contributed by atoms with Crippen LogP contribution in [-0.2, 0) is 32.2 Å². The van der Waals surface area contributed by atoms with Gasteiger partial charge in [0.1, 0.15) is 24.8 Å². The molecular formula is C24H25Cl2N5O5. The molecule has 12 heteroatoms. The van der Waals surface area contributed by atoms with Crippen molar-refractivity contribution in [3.63, 3.8) is 0 Å². The zero-order chi connectivity index (χ0) is 26.3. The van der Waals surface area contributed by atoms with Crippen molar-refractivity contribution < 1.29 is 23.9 Å². The Bertz CT molecular complexity index is 1210. The second kappa shape index (κ2) is 12.0. The second-order valence-electron chi connectivity index (χ2n) is 8.77. The van der Waals surface area contributed by atoms with Crippen LogP contribution in [0, 0.1) is 0 Å². The summed E-state index contributed by atoms with van der Waals surface area (Å²) < 4.78 is 11.7. The number of carbonyl (C=O) groups is 3. The molecule has 36 heavy (non-hydrogen) atoms. The average molecular weight is 534 g/mol. The number of amides is 1. The molecule has 190 valence electrons. The molecule has 1 unspecified atom stereocenters. The number of aromatic nitrogens is 4. The molecule has 1 atom stereocenters. The Hall–Kier alpha value is -3.50. The molecule has 1 heterocycles. The van der Waals surface area contributed by atoms with Crippen LogP contribution in [0.3, 0.4) is 0 Å². The van der Waals surface area contributed by atoms with E-state index in [2.05, 4.69) is 20.8 Å². The highest BCUT2D eigenvalue weighted by Crippen LogP contribution is 2.32.